The number of carbonyl (C=O) groups excluding carboxylic acids is 1. The van der Waals surface area contributed by atoms with E-state index in [1.807, 2.05) is 6.07 Å². The first kappa shape index (κ1) is 14.3. The Balaban J connectivity index is 2.28. The zero-order valence-corrected chi connectivity index (χ0v) is 12.3. The minimum Gasteiger partial charge on any atom is -0.469 e. The molecule has 0 spiro atoms. The summed E-state index contributed by atoms with van der Waals surface area (Å²) in [6.07, 6.45) is 1.14. The third kappa shape index (κ3) is 3.27. The van der Waals surface area contributed by atoms with Gasteiger partial charge in [0.05, 0.1) is 7.11 Å². The van der Waals surface area contributed by atoms with Crippen LogP contribution in [0.2, 0.25) is 0 Å². The summed E-state index contributed by atoms with van der Waals surface area (Å²) in [7, 11) is 1.43. The molecule has 0 fully saturated rings. The highest BCUT2D eigenvalue weighted by Gasteiger charge is 2.07. The molecule has 2 nitrogen and oxygen atoms in total. The third-order valence-corrected chi connectivity index (χ3v) is 3.54. The van der Waals surface area contributed by atoms with Gasteiger partial charge < -0.3 is 4.74 Å². The van der Waals surface area contributed by atoms with Crippen molar-refractivity contribution < 1.29 is 9.53 Å². The Morgan fingerprint density at radius 3 is 2.35 bits per heavy atom. The number of hydrogen-bond donors (Lipinski definition) is 0. The number of rotatable bonds is 4. The summed E-state index contributed by atoms with van der Waals surface area (Å²) in [5, 5.41) is 0. The van der Waals surface area contributed by atoms with E-state index in [0.29, 0.717) is 12.8 Å². The highest BCUT2D eigenvalue weighted by Crippen LogP contribution is 2.27. The SMILES string of the molecule is COC(=O)CCc1cccc(-c2c(C)cccc2C)c1. The number of methoxy groups -OCH3 is 1. The Kier molecular flexibility index (Phi) is 4.57. The van der Waals surface area contributed by atoms with Crippen molar-refractivity contribution in [2.24, 2.45) is 0 Å². The molecule has 2 aromatic rings. The first-order chi connectivity index (χ1) is 9.61. The van der Waals surface area contributed by atoms with Crippen LogP contribution in [0.5, 0.6) is 0 Å². The molecule has 0 radical (unpaired) electrons. The molecular formula is C18H20O2. The largest absolute Gasteiger partial charge is 0.469 e. The Hall–Kier alpha value is -2.09. The molecule has 0 amide bonds. The second kappa shape index (κ2) is 6.38. The summed E-state index contributed by atoms with van der Waals surface area (Å²) in [6.45, 7) is 4.26. The molecule has 0 N–H and O–H groups in total. The summed E-state index contributed by atoms with van der Waals surface area (Å²) in [4.78, 5) is 11.2. The Bertz CT molecular complexity index is 594. The Morgan fingerprint density at radius 2 is 1.70 bits per heavy atom. The summed E-state index contributed by atoms with van der Waals surface area (Å²) < 4.78 is 4.69. The van der Waals surface area contributed by atoms with Gasteiger partial charge in [-0.1, -0.05) is 42.5 Å². The van der Waals surface area contributed by atoms with E-state index in [1.54, 1.807) is 0 Å². The van der Waals surface area contributed by atoms with E-state index in [-0.39, 0.29) is 5.97 Å². The van der Waals surface area contributed by atoms with Gasteiger partial charge in [0.25, 0.3) is 0 Å². The maximum atomic E-state index is 11.2. The van der Waals surface area contributed by atoms with Crippen molar-refractivity contribution >= 4 is 5.97 Å². The van der Waals surface area contributed by atoms with Crippen molar-refractivity contribution in [2.45, 2.75) is 26.7 Å². The molecule has 0 atom stereocenters. The van der Waals surface area contributed by atoms with Gasteiger partial charge in [-0.3, -0.25) is 4.79 Å². The van der Waals surface area contributed by atoms with Crippen molar-refractivity contribution in [3.8, 4) is 11.1 Å². The molecule has 0 heterocycles. The molecule has 104 valence electrons. The van der Waals surface area contributed by atoms with E-state index in [0.717, 1.165) is 5.56 Å². The molecule has 2 rings (SSSR count). The Labute approximate surface area is 120 Å². The predicted molar refractivity (Wildman–Crippen MR) is 81.7 cm³/mol. The van der Waals surface area contributed by atoms with Crippen LogP contribution in [0.4, 0.5) is 0 Å². The van der Waals surface area contributed by atoms with Crippen molar-refractivity contribution in [1.82, 2.24) is 0 Å². The van der Waals surface area contributed by atoms with Gasteiger partial charge in [-0.25, -0.2) is 0 Å². The molecule has 0 aliphatic rings. The van der Waals surface area contributed by atoms with Crippen molar-refractivity contribution in [3.05, 3.63) is 59.2 Å². The van der Waals surface area contributed by atoms with Gasteiger partial charge in [0, 0.05) is 6.42 Å². The van der Waals surface area contributed by atoms with Gasteiger partial charge >= 0.3 is 5.97 Å². The average Bonchev–Trinajstić information content (AvgIpc) is 2.45. The van der Waals surface area contributed by atoms with Crippen LogP contribution < -0.4 is 0 Å². The van der Waals surface area contributed by atoms with Crippen molar-refractivity contribution in [3.63, 3.8) is 0 Å². The van der Waals surface area contributed by atoms with E-state index in [1.165, 1.54) is 29.4 Å². The second-order valence-electron chi connectivity index (χ2n) is 5.04. The van der Waals surface area contributed by atoms with E-state index in [9.17, 15) is 4.79 Å². The van der Waals surface area contributed by atoms with Crippen molar-refractivity contribution in [1.29, 1.82) is 0 Å². The minimum absolute atomic E-state index is 0.164. The maximum Gasteiger partial charge on any atom is 0.305 e. The topological polar surface area (TPSA) is 26.3 Å². The van der Waals surface area contributed by atoms with Gasteiger partial charge in [0.1, 0.15) is 0 Å². The summed E-state index contributed by atoms with van der Waals surface area (Å²) in [6, 6.07) is 14.7. The molecule has 0 unspecified atom stereocenters. The molecule has 0 aliphatic heterocycles. The number of ether oxygens (including phenoxy) is 1. The lowest BCUT2D eigenvalue weighted by molar-refractivity contribution is -0.140. The van der Waals surface area contributed by atoms with Gasteiger partial charge in [-0.15, -0.1) is 0 Å². The highest BCUT2D eigenvalue weighted by atomic mass is 16.5. The summed E-state index contributed by atoms with van der Waals surface area (Å²) >= 11 is 0. The van der Waals surface area contributed by atoms with Crippen LogP contribution in [0.3, 0.4) is 0 Å². The van der Waals surface area contributed by atoms with Crippen LogP contribution in [0, 0.1) is 13.8 Å². The maximum absolute atomic E-state index is 11.2. The normalized spacial score (nSPS) is 10.3. The molecule has 0 saturated carbocycles. The first-order valence-corrected chi connectivity index (χ1v) is 6.84. The number of benzene rings is 2. The van der Waals surface area contributed by atoms with E-state index >= 15 is 0 Å². The number of hydrogen-bond acceptors (Lipinski definition) is 2. The molecule has 0 bridgehead atoms. The summed E-state index contributed by atoms with van der Waals surface area (Å²) in [5.74, 6) is -0.164. The lowest BCUT2D eigenvalue weighted by atomic mass is 9.94. The zero-order valence-electron chi connectivity index (χ0n) is 12.3. The van der Waals surface area contributed by atoms with Crippen LogP contribution in [0.1, 0.15) is 23.1 Å². The van der Waals surface area contributed by atoms with E-state index < -0.39 is 0 Å². The fourth-order valence-corrected chi connectivity index (χ4v) is 2.50. The monoisotopic (exact) mass is 268 g/mol. The van der Waals surface area contributed by atoms with Crippen LogP contribution in [-0.2, 0) is 16.0 Å². The standard InChI is InChI=1S/C18H20O2/c1-13-6-4-7-14(2)18(13)16-9-5-8-15(12-16)10-11-17(19)20-3/h4-9,12H,10-11H2,1-3H3. The van der Waals surface area contributed by atoms with Gasteiger partial charge in [0.15, 0.2) is 0 Å². The molecule has 2 aromatic carbocycles. The van der Waals surface area contributed by atoms with Crippen molar-refractivity contribution in [2.75, 3.05) is 7.11 Å². The molecule has 2 heteroatoms. The smallest absolute Gasteiger partial charge is 0.305 e. The predicted octanol–water partition coefficient (Wildman–Crippen LogP) is 4.08. The zero-order chi connectivity index (χ0) is 14.5. The van der Waals surface area contributed by atoms with E-state index in [2.05, 4.69) is 55.0 Å². The molecular weight excluding hydrogens is 248 g/mol. The van der Waals surface area contributed by atoms with Crippen LogP contribution in [0.25, 0.3) is 11.1 Å². The van der Waals surface area contributed by atoms with Crippen LogP contribution in [0.15, 0.2) is 42.5 Å². The number of aryl methyl sites for hydroxylation is 3. The molecule has 0 aromatic heterocycles. The fraction of sp³-hybridized carbons (Fsp3) is 0.278. The third-order valence-electron chi connectivity index (χ3n) is 3.54. The molecule has 0 aliphatic carbocycles. The molecule has 0 saturated heterocycles. The van der Waals surface area contributed by atoms with Gasteiger partial charge in [0.2, 0.25) is 0 Å². The first-order valence-electron chi connectivity index (χ1n) is 6.84. The minimum atomic E-state index is -0.164. The fourth-order valence-electron chi connectivity index (χ4n) is 2.50. The average molecular weight is 268 g/mol. The van der Waals surface area contributed by atoms with Crippen LogP contribution >= 0.6 is 0 Å². The lowest BCUT2D eigenvalue weighted by Gasteiger charge is -2.11. The van der Waals surface area contributed by atoms with Gasteiger partial charge in [-0.2, -0.15) is 0 Å². The summed E-state index contributed by atoms with van der Waals surface area (Å²) in [5.41, 5.74) is 6.20. The highest BCUT2D eigenvalue weighted by molar-refractivity contribution is 5.72. The second-order valence-corrected chi connectivity index (χ2v) is 5.04. The van der Waals surface area contributed by atoms with E-state index in [4.69, 9.17) is 0 Å². The number of esters is 1. The Morgan fingerprint density at radius 1 is 1.05 bits per heavy atom. The van der Waals surface area contributed by atoms with Gasteiger partial charge in [-0.05, 0) is 48.1 Å². The number of carbonyl (C=O) groups is 1. The lowest BCUT2D eigenvalue weighted by Crippen LogP contribution is -2.02. The van der Waals surface area contributed by atoms with Crippen LogP contribution in [-0.4, -0.2) is 13.1 Å². The molecule has 20 heavy (non-hydrogen) atoms. The quantitative estimate of drug-likeness (QED) is 0.781.